The lowest BCUT2D eigenvalue weighted by Crippen LogP contribution is -2.27. The van der Waals surface area contributed by atoms with Crippen molar-refractivity contribution in [2.75, 3.05) is 14.2 Å². The van der Waals surface area contributed by atoms with Crippen LogP contribution in [0.3, 0.4) is 0 Å². The molecule has 22 heavy (non-hydrogen) atoms. The van der Waals surface area contributed by atoms with E-state index < -0.39 is 0 Å². The van der Waals surface area contributed by atoms with Crippen LogP contribution >= 0.6 is 23.2 Å². The summed E-state index contributed by atoms with van der Waals surface area (Å²) >= 11 is 12.0. The summed E-state index contributed by atoms with van der Waals surface area (Å²) in [5.41, 5.74) is 1.90. The number of ether oxygens (including phenoxy) is 1. The molecule has 0 atom stereocenters. The van der Waals surface area contributed by atoms with Crippen LogP contribution in [0.15, 0.2) is 18.2 Å². The lowest BCUT2D eigenvalue weighted by molar-refractivity contribution is 0.0780. The van der Waals surface area contributed by atoms with Gasteiger partial charge in [-0.2, -0.15) is 5.10 Å². The minimum Gasteiger partial charge on any atom is -0.481 e. The molecular formula is C15H17Cl2N3O2. The first-order chi connectivity index (χ1) is 10.3. The molecule has 1 aromatic carbocycles. The smallest absolute Gasteiger partial charge is 0.261 e. The molecule has 118 valence electrons. The van der Waals surface area contributed by atoms with Crippen LogP contribution in [0.2, 0.25) is 10.0 Å². The number of hydrogen-bond donors (Lipinski definition) is 0. The van der Waals surface area contributed by atoms with Crippen molar-refractivity contribution in [3.8, 4) is 5.88 Å². The van der Waals surface area contributed by atoms with E-state index >= 15 is 0 Å². The molecule has 2 rings (SSSR count). The molecule has 7 heteroatoms. The van der Waals surface area contributed by atoms with Crippen molar-refractivity contribution in [2.45, 2.75) is 13.5 Å². The molecule has 1 aromatic heterocycles. The van der Waals surface area contributed by atoms with Crippen molar-refractivity contribution >= 4 is 29.1 Å². The van der Waals surface area contributed by atoms with E-state index in [1.165, 1.54) is 7.11 Å². The summed E-state index contributed by atoms with van der Waals surface area (Å²) in [7, 11) is 4.96. The summed E-state index contributed by atoms with van der Waals surface area (Å²) in [5, 5.41) is 5.31. The van der Waals surface area contributed by atoms with Gasteiger partial charge in [0.1, 0.15) is 5.56 Å². The molecule has 0 radical (unpaired) electrons. The van der Waals surface area contributed by atoms with Gasteiger partial charge in [-0.15, -0.1) is 0 Å². The van der Waals surface area contributed by atoms with E-state index in [4.69, 9.17) is 27.9 Å². The van der Waals surface area contributed by atoms with Gasteiger partial charge in [0.25, 0.3) is 5.91 Å². The van der Waals surface area contributed by atoms with Gasteiger partial charge in [0, 0.05) is 30.7 Å². The van der Waals surface area contributed by atoms with E-state index in [1.807, 2.05) is 6.07 Å². The van der Waals surface area contributed by atoms with Gasteiger partial charge in [0.15, 0.2) is 0 Å². The molecule has 0 spiro atoms. The predicted molar refractivity (Wildman–Crippen MR) is 86.8 cm³/mol. The molecule has 0 unspecified atom stereocenters. The van der Waals surface area contributed by atoms with Gasteiger partial charge in [-0.05, 0) is 24.6 Å². The largest absolute Gasteiger partial charge is 0.481 e. The van der Waals surface area contributed by atoms with Crippen molar-refractivity contribution < 1.29 is 9.53 Å². The number of benzene rings is 1. The second-order valence-corrected chi connectivity index (χ2v) is 5.83. The highest BCUT2D eigenvalue weighted by Gasteiger charge is 2.24. The van der Waals surface area contributed by atoms with Crippen LogP contribution in [0.1, 0.15) is 21.6 Å². The average molecular weight is 342 g/mol. The molecule has 0 saturated heterocycles. The zero-order chi connectivity index (χ0) is 16.4. The quantitative estimate of drug-likeness (QED) is 0.856. The van der Waals surface area contributed by atoms with Crippen LogP contribution in [0.4, 0.5) is 0 Å². The third-order valence-electron chi connectivity index (χ3n) is 3.35. The van der Waals surface area contributed by atoms with Crippen LogP contribution in [-0.2, 0) is 13.6 Å². The summed E-state index contributed by atoms with van der Waals surface area (Å²) in [4.78, 5) is 14.2. The van der Waals surface area contributed by atoms with E-state index in [-0.39, 0.29) is 5.91 Å². The Labute approximate surface area is 139 Å². The maximum Gasteiger partial charge on any atom is 0.261 e. The van der Waals surface area contributed by atoms with E-state index in [0.29, 0.717) is 33.7 Å². The maximum atomic E-state index is 12.7. The second-order valence-electron chi connectivity index (χ2n) is 4.99. The molecular weight excluding hydrogens is 325 g/mol. The molecule has 0 aliphatic heterocycles. The molecule has 1 heterocycles. The molecule has 0 bridgehead atoms. The fourth-order valence-corrected chi connectivity index (χ4v) is 2.75. The molecule has 0 saturated carbocycles. The number of halogens is 2. The normalized spacial score (nSPS) is 10.6. The topological polar surface area (TPSA) is 47.4 Å². The Balaban J connectivity index is 2.26. The molecule has 1 amide bonds. The molecule has 0 aliphatic carbocycles. The highest BCUT2D eigenvalue weighted by molar-refractivity contribution is 6.35. The average Bonchev–Trinajstić information content (AvgIpc) is 2.74. The zero-order valence-corrected chi connectivity index (χ0v) is 14.4. The summed E-state index contributed by atoms with van der Waals surface area (Å²) in [5.74, 6) is 0.269. The highest BCUT2D eigenvalue weighted by Crippen LogP contribution is 2.25. The second kappa shape index (κ2) is 6.58. The van der Waals surface area contributed by atoms with Gasteiger partial charge in [0.2, 0.25) is 5.88 Å². The van der Waals surface area contributed by atoms with Gasteiger partial charge in [-0.1, -0.05) is 29.3 Å². The Morgan fingerprint density at radius 2 is 2.09 bits per heavy atom. The Morgan fingerprint density at radius 3 is 2.68 bits per heavy atom. The number of nitrogens with zero attached hydrogens (tertiary/aromatic N) is 3. The Morgan fingerprint density at radius 1 is 1.41 bits per heavy atom. The number of hydrogen-bond acceptors (Lipinski definition) is 3. The number of rotatable bonds is 4. The van der Waals surface area contributed by atoms with Crippen LogP contribution in [0.25, 0.3) is 0 Å². The lowest BCUT2D eigenvalue weighted by Gasteiger charge is -2.18. The Kier molecular flexibility index (Phi) is 4.98. The summed E-state index contributed by atoms with van der Waals surface area (Å²) in [6.45, 7) is 2.14. The number of aromatic nitrogens is 2. The monoisotopic (exact) mass is 341 g/mol. The number of aryl methyl sites for hydroxylation is 2. The van der Waals surface area contributed by atoms with Gasteiger partial charge < -0.3 is 9.64 Å². The third kappa shape index (κ3) is 3.20. The first-order valence-corrected chi connectivity index (χ1v) is 7.37. The van der Waals surface area contributed by atoms with E-state index in [1.54, 1.807) is 42.7 Å². The van der Waals surface area contributed by atoms with Crippen molar-refractivity contribution in [1.82, 2.24) is 14.7 Å². The number of carbonyl (C=O) groups is 1. The first kappa shape index (κ1) is 16.6. The minimum atomic E-state index is -0.173. The summed E-state index contributed by atoms with van der Waals surface area (Å²) < 4.78 is 6.81. The lowest BCUT2D eigenvalue weighted by atomic mass is 10.2. The number of methoxy groups -OCH3 is 1. The number of amides is 1. The van der Waals surface area contributed by atoms with E-state index in [9.17, 15) is 4.79 Å². The molecule has 0 N–H and O–H groups in total. The van der Waals surface area contributed by atoms with Crippen LogP contribution in [0.5, 0.6) is 5.88 Å². The van der Waals surface area contributed by atoms with E-state index in [2.05, 4.69) is 5.10 Å². The van der Waals surface area contributed by atoms with Crippen LogP contribution < -0.4 is 4.74 Å². The molecule has 5 nitrogen and oxygen atoms in total. The van der Waals surface area contributed by atoms with Gasteiger partial charge in [0.05, 0.1) is 12.8 Å². The van der Waals surface area contributed by atoms with Crippen molar-refractivity contribution in [3.63, 3.8) is 0 Å². The molecule has 0 aliphatic rings. The zero-order valence-electron chi connectivity index (χ0n) is 12.9. The van der Waals surface area contributed by atoms with Crippen molar-refractivity contribution in [1.29, 1.82) is 0 Å². The van der Waals surface area contributed by atoms with Gasteiger partial charge >= 0.3 is 0 Å². The summed E-state index contributed by atoms with van der Waals surface area (Å²) in [6.07, 6.45) is 0. The Bertz CT molecular complexity index is 713. The summed E-state index contributed by atoms with van der Waals surface area (Å²) in [6, 6.07) is 5.21. The highest BCUT2D eigenvalue weighted by atomic mass is 35.5. The SMILES string of the molecule is COc1c(C(=O)N(C)Cc2ccc(Cl)cc2Cl)c(C)nn1C. The minimum absolute atomic E-state index is 0.173. The van der Waals surface area contributed by atoms with E-state index in [0.717, 1.165) is 5.56 Å². The van der Waals surface area contributed by atoms with Crippen molar-refractivity contribution in [3.05, 3.63) is 45.1 Å². The molecule has 2 aromatic rings. The van der Waals surface area contributed by atoms with Crippen molar-refractivity contribution in [2.24, 2.45) is 7.05 Å². The fourth-order valence-electron chi connectivity index (χ4n) is 2.29. The van der Waals surface area contributed by atoms with Crippen LogP contribution in [0, 0.1) is 6.92 Å². The standard InChI is InChI=1S/C15H17Cl2N3O2/c1-9-13(15(22-4)20(3)18-9)14(21)19(2)8-10-5-6-11(16)7-12(10)17/h5-7H,8H2,1-4H3. The fraction of sp³-hybridized carbons (Fsp3) is 0.333. The van der Waals surface area contributed by atoms with Crippen LogP contribution in [-0.4, -0.2) is 34.7 Å². The maximum absolute atomic E-state index is 12.7. The Hall–Kier alpha value is -1.72. The molecule has 0 fully saturated rings. The number of carbonyl (C=O) groups excluding carboxylic acids is 1. The van der Waals surface area contributed by atoms with Gasteiger partial charge in [-0.3, -0.25) is 4.79 Å². The first-order valence-electron chi connectivity index (χ1n) is 6.62. The predicted octanol–water partition coefficient (Wildman–Crippen LogP) is 3.32. The third-order valence-corrected chi connectivity index (χ3v) is 3.93. The van der Waals surface area contributed by atoms with Gasteiger partial charge in [-0.25, -0.2) is 4.68 Å².